The van der Waals surface area contributed by atoms with Crippen LogP contribution in [0.2, 0.25) is 0 Å². The van der Waals surface area contributed by atoms with Crippen LogP contribution in [0.4, 0.5) is 0 Å². The van der Waals surface area contributed by atoms with Gasteiger partial charge in [0.25, 0.3) is 5.22 Å². The van der Waals surface area contributed by atoms with Gasteiger partial charge in [0.05, 0.1) is 0 Å². The minimum atomic E-state index is -0.912. The maximum Gasteiger partial charge on any atom is 0.314 e. The van der Waals surface area contributed by atoms with E-state index in [0.29, 0.717) is 5.89 Å². The number of carboxylic acids is 1. The number of aryl methyl sites for hydroxylation is 1. The molecular weight excluding hydrogens is 240 g/mol. The summed E-state index contributed by atoms with van der Waals surface area (Å²) in [6.07, 6.45) is 0. The molecule has 0 bridgehead atoms. The molecule has 0 atom stereocenters. The molecule has 0 aliphatic carbocycles. The van der Waals surface area contributed by atoms with Crippen molar-refractivity contribution in [2.45, 2.75) is 12.1 Å². The molecule has 0 saturated heterocycles. The molecule has 0 amide bonds. The Kier molecular flexibility index (Phi) is 3.43. The van der Waals surface area contributed by atoms with Crippen molar-refractivity contribution in [2.75, 3.05) is 5.75 Å². The molecule has 17 heavy (non-hydrogen) atoms. The van der Waals surface area contributed by atoms with Gasteiger partial charge in [-0.2, -0.15) is 0 Å². The van der Waals surface area contributed by atoms with Gasteiger partial charge in [-0.15, -0.1) is 10.2 Å². The highest BCUT2D eigenvalue weighted by Gasteiger charge is 2.10. The van der Waals surface area contributed by atoms with E-state index in [4.69, 9.17) is 9.52 Å². The van der Waals surface area contributed by atoms with Crippen molar-refractivity contribution >= 4 is 17.7 Å². The fraction of sp³-hybridized carbons (Fsp3) is 0.182. The van der Waals surface area contributed by atoms with Crippen LogP contribution in [0.3, 0.4) is 0 Å². The van der Waals surface area contributed by atoms with Gasteiger partial charge in [-0.05, 0) is 19.1 Å². The predicted octanol–water partition coefficient (Wildman–Crippen LogP) is 2.22. The second kappa shape index (κ2) is 5.01. The Morgan fingerprint density at radius 1 is 1.47 bits per heavy atom. The molecule has 1 N–H and O–H groups in total. The second-order valence-electron chi connectivity index (χ2n) is 3.43. The van der Waals surface area contributed by atoms with Crippen LogP contribution < -0.4 is 0 Å². The first-order valence-electron chi connectivity index (χ1n) is 4.90. The first-order valence-corrected chi connectivity index (χ1v) is 5.89. The highest BCUT2D eigenvalue weighted by molar-refractivity contribution is 7.99. The average molecular weight is 250 g/mol. The van der Waals surface area contributed by atoms with Crippen molar-refractivity contribution in [2.24, 2.45) is 0 Å². The molecule has 5 nitrogen and oxygen atoms in total. The van der Waals surface area contributed by atoms with Crippen molar-refractivity contribution in [1.82, 2.24) is 10.2 Å². The Balaban J connectivity index is 2.15. The molecule has 0 unspecified atom stereocenters. The Labute approximate surface area is 102 Å². The molecule has 0 spiro atoms. The number of aromatic nitrogens is 2. The highest BCUT2D eigenvalue weighted by Crippen LogP contribution is 2.23. The molecule has 0 saturated carbocycles. The van der Waals surface area contributed by atoms with E-state index in [1.165, 1.54) is 0 Å². The van der Waals surface area contributed by atoms with E-state index >= 15 is 0 Å². The minimum absolute atomic E-state index is 0.0878. The lowest BCUT2D eigenvalue weighted by Gasteiger charge is -1.95. The molecule has 0 aliphatic heterocycles. The summed E-state index contributed by atoms with van der Waals surface area (Å²) < 4.78 is 5.35. The normalized spacial score (nSPS) is 10.4. The topological polar surface area (TPSA) is 76.2 Å². The van der Waals surface area contributed by atoms with Crippen molar-refractivity contribution in [3.8, 4) is 11.5 Å². The summed E-state index contributed by atoms with van der Waals surface area (Å²) in [6.45, 7) is 1.97. The Bertz CT molecular complexity index is 539. The minimum Gasteiger partial charge on any atom is -0.481 e. The standard InChI is InChI=1S/C11H10N2O3S/c1-7-3-2-4-8(5-7)10-12-13-11(16-10)17-6-9(14)15/h2-5H,6H2,1H3,(H,14,15). The summed E-state index contributed by atoms with van der Waals surface area (Å²) in [7, 11) is 0. The van der Waals surface area contributed by atoms with Gasteiger partial charge in [-0.3, -0.25) is 4.79 Å². The van der Waals surface area contributed by atoms with Crippen molar-refractivity contribution < 1.29 is 14.3 Å². The van der Waals surface area contributed by atoms with Gasteiger partial charge < -0.3 is 9.52 Å². The monoisotopic (exact) mass is 250 g/mol. The molecule has 88 valence electrons. The van der Waals surface area contributed by atoms with E-state index in [-0.39, 0.29) is 11.0 Å². The lowest BCUT2D eigenvalue weighted by molar-refractivity contribution is -0.133. The van der Waals surface area contributed by atoms with Crippen LogP contribution in [0.15, 0.2) is 33.9 Å². The lowest BCUT2D eigenvalue weighted by Crippen LogP contribution is -1.97. The van der Waals surface area contributed by atoms with Crippen LogP contribution >= 0.6 is 11.8 Å². The van der Waals surface area contributed by atoms with E-state index in [1.54, 1.807) is 0 Å². The quantitative estimate of drug-likeness (QED) is 0.838. The number of carbonyl (C=O) groups is 1. The Morgan fingerprint density at radius 2 is 2.29 bits per heavy atom. The predicted molar refractivity (Wildman–Crippen MR) is 62.8 cm³/mol. The molecule has 2 aromatic rings. The fourth-order valence-electron chi connectivity index (χ4n) is 1.29. The summed E-state index contributed by atoms with van der Waals surface area (Å²) in [5, 5.41) is 16.4. The van der Waals surface area contributed by atoms with E-state index < -0.39 is 5.97 Å². The zero-order chi connectivity index (χ0) is 12.3. The number of nitrogens with zero attached hydrogens (tertiary/aromatic N) is 2. The van der Waals surface area contributed by atoms with Crippen LogP contribution in [0.5, 0.6) is 0 Å². The van der Waals surface area contributed by atoms with E-state index in [0.717, 1.165) is 22.9 Å². The number of hydrogen-bond donors (Lipinski definition) is 1. The van der Waals surface area contributed by atoms with Gasteiger partial charge in [0, 0.05) is 5.56 Å². The third kappa shape index (κ3) is 3.07. The number of rotatable bonds is 4. The van der Waals surface area contributed by atoms with E-state index in [2.05, 4.69) is 10.2 Å². The SMILES string of the molecule is Cc1cccc(-c2nnc(SCC(=O)O)o2)c1. The van der Waals surface area contributed by atoms with Crippen molar-refractivity contribution in [3.63, 3.8) is 0 Å². The summed E-state index contributed by atoms with van der Waals surface area (Å²) >= 11 is 1.01. The first kappa shape index (κ1) is 11.7. The van der Waals surface area contributed by atoms with Crippen LogP contribution in [-0.2, 0) is 4.79 Å². The van der Waals surface area contributed by atoms with Gasteiger partial charge in [0.1, 0.15) is 5.75 Å². The summed E-state index contributed by atoms with van der Waals surface area (Å²) in [5.74, 6) is -0.595. The Morgan fingerprint density at radius 3 is 3.00 bits per heavy atom. The van der Waals surface area contributed by atoms with Crippen molar-refractivity contribution in [3.05, 3.63) is 29.8 Å². The number of benzene rings is 1. The molecule has 1 aromatic carbocycles. The fourth-order valence-corrected chi connectivity index (χ4v) is 1.77. The number of carboxylic acid groups (broad SMARTS) is 1. The van der Waals surface area contributed by atoms with Crippen LogP contribution in [0.1, 0.15) is 5.56 Å². The van der Waals surface area contributed by atoms with Crippen LogP contribution in [0.25, 0.3) is 11.5 Å². The lowest BCUT2D eigenvalue weighted by atomic mass is 10.1. The highest BCUT2D eigenvalue weighted by atomic mass is 32.2. The number of aliphatic carboxylic acids is 1. The molecule has 6 heteroatoms. The van der Waals surface area contributed by atoms with Gasteiger partial charge >= 0.3 is 5.97 Å². The molecule has 0 aliphatic rings. The van der Waals surface area contributed by atoms with Crippen molar-refractivity contribution in [1.29, 1.82) is 0 Å². The second-order valence-corrected chi connectivity index (χ2v) is 4.35. The maximum atomic E-state index is 10.4. The summed E-state index contributed by atoms with van der Waals surface area (Å²) in [4.78, 5) is 10.4. The molecule has 1 heterocycles. The third-order valence-electron chi connectivity index (χ3n) is 1.99. The number of hydrogen-bond acceptors (Lipinski definition) is 5. The number of thioether (sulfide) groups is 1. The smallest absolute Gasteiger partial charge is 0.314 e. The average Bonchev–Trinajstić information content (AvgIpc) is 2.75. The molecule has 1 aromatic heterocycles. The zero-order valence-electron chi connectivity index (χ0n) is 9.08. The van der Waals surface area contributed by atoms with E-state index in [1.807, 2.05) is 31.2 Å². The van der Waals surface area contributed by atoms with Gasteiger partial charge in [0.2, 0.25) is 5.89 Å². The summed E-state index contributed by atoms with van der Waals surface area (Å²) in [6, 6.07) is 7.67. The van der Waals surface area contributed by atoms with E-state index in [9.17, 15) is 4.79 Å². The van der Waals surface area contributed by atoms with Crippen LogP contribution in [0, 0.1) is 6.92 Å². The largest absolute Gasteiger partial charge is 0.481 e. The molecule has 0 radical (unpaired) electrons. The van der Waals surface area contributed by atoms with Gasteiger partial charge in [0.15, 0.2) is 0 Å². The van der Waals surface area contributed by atoms with Gasteiger partial charge in [-0.25, -0.2) is 0 Å². The third-order valence-corrected chi connectivity index (χ3v) is 2.79. The molecule has 2 rings (SSSR count). The molecule has 0 fully saturated rings. The molecular formula is C11H10N2O3S. The summed E-state index contributed by atoms with van der Waals surface area (Å²) in [5.41, 5.74) is 1.93. The zero-order valence-corrected chi connectivity index (χ0v) is 9.90. The Hall–Kier alpha value is -1.82. The van der Waals surface area contributed by atoms with Gasteiger partial charge in [-0.1, -0.05) is 29.5 Å². The van der Waals surface area contributed by atoms with Crippen LogP contribution in [-0.4, -0.2) is 27.0 Å². The maximum absolute atomic E-state index is 10.4. The first-order chi connectivity index (χ1) is 8.15.